The van der Waals surface area contributed by atoms with E-state index >= 15 is 0 Å². The maximum absolute atomic E-state index is 12.1. The highest BCUT2D eigenvalue weighted by atomic mass is 32.1. The molecular weight excluding hydrogens is 318 g/mol. The second-order valence-corrected chi connectivity index (χ2v) is 5.64. The minimum Gasteiger partial charge on any atom is -0.462 e. The van der Waals surface area contributed by atoms with Crippen LogP contribution in [0.1, 0.15) is 16.1 Å². The molecule has 116 valence electrons. The van der Waals surface area contributed by atoms with E-state index in [0.29, 0.717) is 22.3 Å². The van der Waals surface area contributed by atoms with E-state index in [9.17, 15) is 4.79 Å². The summed E-state index contributed by atoms with van der Waals surface area (Å²) < 4.78 is 21.1. The maximum atomic E-state index is 12.1. The van der Waals surface area contributed by atoms with Crippen LogP contribution in [-0.2, 0) is 11.3 Å². The zero-order valence-electron chi connectivity index (χ0n) is 11.9. The van der Waals surface area contributed by atoms with Crippen LogP contribution < -0.4 is 9.47 Å². The highest BCUT2D eigenvalue weighted by molar-refractivity contribution is 7.13. The molecule has 0 saturated carbocycles. The quantitative estimate of drug-likeness (QED) is 0.682. The summed E-state index contributed by atoms with van der Waals surface area (Å²) in [5.41, 5.74) is 1.09. The average molecular weight is 329 g/mol. The van der Waals surface area contributed by atoms with Crippen LogP contribution in [0.4, 0.5) is 0 Å². The number of nitrogens with zero attached hydrogens (tertiary/aromatic N) is 1. The first kappa shape index (κ1) is 13.8. The first-order chi connectivity index (χ1) is 11.3. The van der Waals surface area contributed by atoms with E-state index in [4.69, 9.17) is 18.6 Å². The molecule has 0 atom stereocenters. The summed E-state index contributed by atoms with van der Waals surface area (Å²) in [6, 6.07) is 8.99. The van der Waals surface area contributed by atoms with Crippen molar-refractivity contribution >= 4 is 17.3 Å². The molecule has 0 fully saturated rings. The Hall–Kier alpha value is -2.80. The lowest BCUT2D eigenvalue weighted by Crippen LogP contribution is -2.05. The molecule has 1 aliphatic heterocycles. The third kappa shape index (κ3) is 2.78. The van der Waals surface area contributed by atoms with Crippen molar-refractivity contribution in [1.29, 1.82) is 0 Å². The molecule has 6 nitrogen and oxygen atoms in total. The van der Waals surface area contributed by atoms with E-state index in [0.717, 1.165) is 5.56 Å². The van der Waals surface area contributed by atoms with E-state index in [1.54, 1.807) is 35.9 Å². The molecule has 23 heavy (non-hydrogen) atoms. The Morgan fingerprint density at radius 3 is 3.04 bits per heavy atom. The van der Waals surface area contributed by atoms with Crippen molar-refractivity contribution in [2.75, 3.05) is 6.79 Å². The van der Waals surface area contributed by atoms with Gasteiger partial charge in [0.2, 0.25) is 6.79 Å². The topological polar surface area (TPSA) is 70.8 Å². The fourth-order valence-corrected chi connectivity index (χ4v) is 2.89. The standard InChI is InChI=1S/C16H11NO5S/c18-16(11-8-23-15(17-11)13-2-1-5-19-13)20-7-10-3-4-12-14(6-10)22-9-21-12/h1-6,8H,7,9H2. The normalized spacial score (nSPS) is 12.3. The zero-order valence-corrected chi connectivity index (χ0v) is 12.7. The van der Waals surface area contributed by atoms with Crippen LogP contribution in [0.5, 0.6) is 11.5 Å². The number of esters is 1. The number of carbonyl (C=O) groups excluding carboxylic acids is 1. The van der Waals surface area contributed by atoms with Crippen molar-refractivity contribution < 1.29 is 23.4 Å². The van der Waals surface area contributed by atoms with Gasteiger partial charge in [0.25, 0.3) is 0 Å². The van der Waals surface area contributed by atoms with E-state index in [-0.39, 0.29) is 19.1 Å². The summed E-state index contributed by atoms with van der Waals surface area (Å²) in [5.74, 6) is 1.51. The third-order valence-corrected chi connectivity index (χ3v) is 4.11. The van der Waals surface area contributed by atoms with Gasteiger partial charge in [0.05, 0.1) is 6.26 Å². The van der Waals surface area contributed by atoms with E-state index in [2.05, 4.69) is 4.98 Å². The molecule has 0 aliphatic carbocycles. The molecule has 3 aromatic rings. The summed E-state index contributed by atoms with van der Waals surface area (Å²) in [5, 5.41) is 2.30. The first-order valence-corrected chi connectivity index (χ1v) is 7.72. The molecule has 7 heteroatoms. The number of hydrogen-bond acceptors (Lipinski definition) is 7. The predicted molar refractivity (Wildman–Crippen MR) is 81.5 cm³/mol. The van der Waals surface area contributed by atoms with Crippen molar-refractivity contribution in [2.45, 2.75) is 6.61 Å². The number of aromatic nitrogens is 1. The third-order valence-electron chi connectivity index (χ3n) is 3.25. The Labute approximate surface area is 135 Å². The zero-order chi connectivity index (χ0) is 15.6. The second-order valence-electron chi connectivity index (χ2n) is 4.78. The van der Waals surface area contributed by atoms with Gasteiger partial charge in [0.1, 0.15) is 6.61 Å². The van der Waals surface area contributed by atoms with Gasteiger partial charge in [-0.05, 0) is 29.8 Å². The van der Waals surface area contributed by atoms with Gasteiger partial charge < -0.3 is 18.6 Å². The summed E-state index contributed by atoms with van der Waals surface area (Å²) in [4.78, 5) is 16.3. The van der Waals surface area contributed by atoms with Crippen molar-refractivity contribution in [3.8, 4) is 22.3 Å². The Balaban J connectivity index is 1.42. The van der Waals surface area contributed by atoms with Crippen molar-refractivity contribution in [2.24, 2.45) is 0 Å². The molecule has 2 aromatic heterocycles. The van der Waals surface area contributed by atoms with E-state index in [1.165, 1.54) is 11.3 Å². The lowest BCUT2D eigenvalue weighted by Gasteiger charge is -2.04. The first-order valence-electron chi connectivity index (χ1n) is 6.84. The Kier molecular flexibility index (Phi) is 3.47. The minimum atomic E-state index is -0.475. The van der Waals surface area contributed by atoms with Gasteiger partial charge in [-0.15, -0.1) is 11.3 Å². The van der Waals surface area contributed by atoms with Gasteiger partial charge in [-0.2, -0.15) is 0 Å². The molecule has 0 unspecified atom stereocenters. The number of rotatable bonds is 4. The van der Waals surface area contributed by atoms with Gasteiger partial charge >= 0.3 is 5.97 Å². The van der Waals surface area contributed by atoms with E-state index in [1.807, 2.05) is 6.07 Å². The molecule has 1 aliphatic rings. The fraction of sp³-hybridized carbons (Fsp3) is 0.125. The molecule has 0 amide bonds. The van der Waals surface area contributed by atoms with Crippen molar-refractivity contribution in [1.82, 2.24) is 4.98 Å². The predicted octanol–water partition coefficient (Wildman–Crippen LogP) is 3.49. The smallest absolute Gasteiger partial charge is 0.358 e. The van der Waals surface area contributed by atoms with Crippen molar-refractivity contribution in [3.05, 3.63) is 53.2 Å². The van der Waals surface area contributed by atoms with Crippen molar-refractivity contribution in [3.63, 3.8) is 0 Å². The summed E-state index contributed by atoms with van der Waals surface area (Å²) >= 11 is 1.33. The molecular formula is C16H11NO5S. The van der Waals surface area contributed by atoms with Gasteiger partial charge in [0.15, 0.2) is 28.0 Å². The lowest BCUT2D eigenvalue weighted by atomic mass is 10.2. The number of hydrogen-bond donors (Lipinski definition) is 0. The summed E-state index contributed by atoms with van der Waals surface area (Å²) in [6.45, 7) is 0.357. The highest BCUT2D eigenvalue weighted by Gasteiger charge is 2.16. The molecule has 3 heterocycles. The molecule has 0 saturated heterocycles. The molecule has 0 bridgehead atoms. The number of carbonyl (C=O) groups is 1. The van der Waals surface area contributed by atoms with Crippen LogP contribution >= 0.6 is 11.3 Å². The highest BCUT2D eigenvalue weighted by Crippen LogP contribution is 2.32. The molecule has 1 aromatic carbocycles. The van der Waals surface area contributed by atoms with Crippen LogP contribution in [0.2, 0.25) is 0 Å². The minimum absolute atomic E-state index is 0.142. The number of ether oxygens (including phenoxy) is 3. The monoisotopic (exact) mass is 329 g/mol. The number of fused-ring (bicyclic) bond motifs is 1. The number of benzene rings is 1. The maximum Gasteiger partial charge on any atom is 0.358 e. The van der Waals surface area contributed by atoms with Crippen LogP contribution in [-0.4, -0.2) is 17.7 Å². The van der Waals surface area contributed by atoms with Gasteiger partial charge in [-0.25, -0.2) is 9.78 Å². The second kappa shape index (κ2) is 5.77. The number of thiazole rings is 1. The van der Waals surface area contributed by atoms with Crippen LogP contribution in [0.25, 0.3) is 10.8 Å². The van der Waals surface area contributed by atoms with Crippen LogP contribution in [0.3, 0.4) is 0 Å². The van der Waals surface area contributed by atoms with E-state index < -0.39 is 5.97 Å². The largest absolute Gasteiger partial charge is 0.462 e. The number of furan rings is 1. The van der Waals surface area contributed by atoms with Gasteiger partial charge in [-0.1, -0.05) is 6.07 Å². The molecule has 0 N–H and O–H groups in total. The lowest BCUT2D eigenvalue weighted by molar-refractivity contribution is 0.0466. The summed E-state index contributed by atoms with van der Waals surface area (Å²) in [7, 11) is 0. The van der Waals surface area contributed by atoms with Gasteiger partial charge in [-0.3, -0.25) is 0 Å². The SMILES string of the molecule is O=C(OCc1ccc2c(c1)OCO2)c1csc(-c2ccco2)n1. The molecule has 4 rings (SSSR count). The van der Waals surface area contributed by atoms with Gasteiger partial charge in [0, 0.05) is 5.38 Å². The van der Waals surface area contributed by atoms with Crippen LogP contribution in [0.15, 0.2) is 46.4 Å². The Morgan fingerprint density at radius 2 is 2.17 bits per heavy atom. The average Bonchev–Trinajstić information content (AvgIpc) is 3.32. The molecule has 0 radical (unpaired) electrons. The van der Waals surface area contributed by atoms with Crippen LogP contribution in [0, 0.1) is 0 Å². The Bertz CT molecular complexity index is 840. The molecule has 0 spiro atoms. The fourth-order valence-electron chi connectivity index (χ4n) is 2.13. The summed E-state index contributed by atoms with van der Waals surface area (Å²) in [6.07, 6.45) is 1.56. The Morgan fingerprint density at radius 1 is 1.26 bits per heavy atom.